The molecule has 0 spiro atoms. The number of hydrogen-bond acceptors (Lipinski definition) is 5. The van der Waals surface area contributed by atoms with Crippen molar-refractivity contribution in [3.05, 3.63) is 34.4 Å². The smallest absolute Gasteiger partial charge is 0.318 e. The van der Waals surface area contributed by atoms with Crippen LogP contribution in [0.1, 0.15) is 0 Å². The minimum absolute atomic E-state index is 0.197. The Morgan fingerprint density at radius 3 is 2.28 bits per heavy atom. The number of likely N-dealkylation sites (N-methyl/N-ethyl adjacent to an activating group) is 1. The molecule has 0 heterocycles. The molecule has 1 rings (SSSR count). The molecule has 0 aliphatic carbocycles. The Bertz CT molecular complexity index is 565. The highest BCUT2D eigenvalue weighted by molar-refractivity contribution is 7.89. The number of aliphatic carboxylic acids is 1. The van der Waals surface area contributed by atoms with Gasteiger partial charge in [-0.15, -0.1) is 0 Å². The molecule has 0 radical (unpaired) electrons. The van der Waals surface area contributed by atoms with Crippen LogP contribution in [0.25, 0.3) is 0 Å². The van der Waals surface area contributed by atoms with Gasteiger partial charge in [0, 0.05) is 19.2 Å². The summed E-state index contributed by atoms with van der Waals surface area (Å²) in [5.41, 5.74) is -0.241. The Balaban J connectivity index is 3.05. The van der Waals surface area contributed by atoms with Crippen LogP contribution in [0.4, 0.5) is 5.69 Å². The standard InChI is InChI=1S/C9H10N2O6S/c1-10(6-9(12)13)18(16,17)8-4-2-7(3-5-8)11(14)15/h2-5H,6H2,1H3,(H,12,13). The lowest BCUT2D eigenvalue weighted by molar-refractivity contribution is -0.384. The number of nitrogens with zero attached hydrogens (tertiary/aromatic N) is 2. The monoisotopic (exact) mass is 274 g/mol. The van der Waals surface area contributed by atoms with Crippen molar-refractivity contribution in [1.82, 2.24) is 4.31 Å². The van der Waals surface area contributed by atoms with Crippen molar-refractivity contribution in [1.29, 1.82) is 0 Å². The third-order valence-corrected chi connectivity index (χ3v) is 3.93. The van der Waals surface area contributed by atoms with E-state index >= 15 is 0 Å². The van der Waals surface area contributed by atoms with Crippen LogP contribution in [0, 0.1) is 10.1 Å². The van der Waals surface area contributed by atoms with Crippen molar-refractivity contribution in [3.63, 3.8) is 0 Å². The first-order valence-electron chi connectivity index (χ1n) is 4.67. The largest absolute Gasteiger partial charge is 0.480 e. The normalized spacial score (nSPS) is 11.4. The molecule has 98 valence electrons. The number of rotatable bonds is 5. The Labute approximate surface area is 103 Å². The molecule has 1 aromatic carbocycles. The van der Waals surface area contributed by atoms with Crippen molar-refractivity contribution >= 4 is 21.7 Å². The summed E-state index contributed by atoms with van der Waals surface area (Å²) < 4.78 is 24.3. The molecular formula is C9H10N2O6S. The second kappa shape index (κ2) is 5.10. The second-order valence-corrected chi connectivity index (χ2v) is 5.45. The number of carboxylic acid groups (broad SMARTS) is 1. The summed E-state index contributed by atoms with van der Waals surface area (Å²) in [6.45, 7) is -0.681. The lowest BCUT2D eigenvalue weighted by atomic mass is 10.3. The summed E-state index contributed by atoms with van der Waals surface area (Å²) in [5.74, 6) is -1.29. The van der Waals surface area contributed by atoms with Gasteiger partial charge in [-0.1, -0.05) is 0 Å². The Morgan fingerprint density at radius 1 is 1.39 bits per heavy atom. The fraction of sp³-hybridized carbons (Fsp3) is 0.222. The number of sulfonamides is 1. The van der Waals surface area contributed by atoms with Gasteiger partial charge in [0.1, 0.15) is 6.54 Å². The minimum Gasteiger partial charge on any atom is -0.480 e. The number of hydrogen-bond donors (Lipinski definition) is 1. The molecule has 0 saturated carbocycles. The van der Waals surface area contributed by atoms with Gasteiger partial charge in [0.05, 0.1) is 9.82 Å². The van der Waals surface area contributed by atoms with E-state index in [1.165, 1.54) is 0 Å². The van der Waals surface area contributed by atoms with Gasteiger partial charge in [-0.05, 0) is 12.1 Å². The van der Waals surface area contributed by atoms with Crippen LogP contribution in [0.2, 0.25) is 0 Å². The van der Waals surface area contributed by atoms with Crippen LogP contribution >= 0.6 is 0 Å². The summed E-state index contributed by atoms with van der Waals surface area (Å²) in [6.07, 6.45) is 0. The highest BCUT2D eigenvalue weighted by Crippen LogP contribution is 2.18. The number of carboxylic acids is 1. The molecule has 0 bridgehead atoms. The molecule has 9 heteroatoms. The van der Waals surface area contributed by atoms with E-state index in [0.717, 1.165) is 31.3 Å². The molecule has 8 nitrogen and oxygen atoms in total. The maximum atomic E-state index is 11.8. The van der Waals surface area contributed by atoms with E-state index in [9.17, 15) is 23.3 Å². The van der Waals surface area contributed by atoms with Gasteiger partial charge in [-0.25, -0.2) is 8.42 Å². The van der Waals surface area contributed by atoms with E-state index in [1.54, 1.807) is 0 Å². The lowest BCUT2D eigenvalue weighted by Crippen LogP contribution is -2.31. The zero-order valence-corrected chi connectivity index (χ0v) is 10.1. The topological polar surface area (TPSA) is 118 Å². The van der Waals surface area contributed by atoms with Gasteiger partial charge in [0.25, 0.3) is 5.69 Å². The first-order chi connectivity index (χ1) is 8.25. The van der Waals surface area contributed by atoms with Crippen LogP contribution in [0.5, 0.6) is 0 Å². The molecule has 0 atom stereocenters. The summed E-state index contributed by atoms with van der Waals surface area (Å²) in [6, 6.07) is 4.21. The summed E-state index contributed by atoms with van der Waals surface area (Å²) >= 11 is 0. The fourth-order valence-electron chi connectivity index (χ4n) is 1.20. The highest BCUT2D eigenvalue weighted by atomic mass is 32.2. The van der Waals surface area contributed by atoms with E-state index < -0.39 is 27.5 Å². The average molecular weight is 274 g/mol. The zero-order chi connectivity index (χ0) is 13.9. The van der Waals surface area contributed by atoms with Crippen molar-refractivity contribution in [2.45, 2.75) is 4.90 Å². The van der Waals surface area contributed by atoms with Crippen LogP contribution in [-0.2, 0) is 14.8 Å². The maximum absolute atomic E-state index is 11.8. The molecule has 0 amide bonds. The third kappa shape index (κ3) is 3.02. The van der Waals surface area contributed by atoms with Crippen molar-refractivity contribution in [3.8, 4) is 0 Å². The molecular weight excluding hydrogens is 264 g/mol. The summed E-state index contributed by atoms with van der Waals surface area (Å²) in [4.78, 5) is 20.0. The fourth-order valence-corrected chi connectivity index (χ4v) is 2.32. The van der Waals surface area contributed by atoms with E-state index in [1.807, 2.05) is 0 Å². The third-order valence-electron chi connectivity index (χ3n) is 2.11. The summed E-state index contributed by atoms with van der Waals surface area (Å²) in [7, 11) is -2.83. The number of non-ortho nitro benzene ring substituents is 1. The molecule has 1 N–H and O–H groups in total. The molecule has 0 aliphatic rings. The SMILES string of the molecule is CN(CC(=O)O)S(=O)(=O)c1ccc([N+](=O)[O-])cc1. The molecule has 1 aromatic rings. The molecule has 0 saturated heterocycles. The van der Waals surface area contributed by atoms with Gasteiger partial charge in [-0.3, -0.25) is 14.9 Å². The molecule has 0 aromatic heterocycles. The minimum atomic E-state index is -3.95. The number of nitro groups is 1. The number of benzene rings is 1. The Kier molecular flexibility index (Phi) is 3.99. The van der Waals surface area contributed by atoms with Gasteiger partial charge in [0.2, 0.25) is 10.0 Å². The van der Waals surface area contributed by atoms with Crippen LogP contribution in [0.15, 0.2) is 29.2 Å². The van der Waals surface area contributed by atoms with Gasteiger partial charge in [0.15, 0.2) is 0 Å². The first-order valence-corrected chi connectivity index (χ1v) is 6.11. The van der Waals surface area contributed by atoms with E-state index in [2.05, 4.69) is 0 Å². The average Bonchev–Trinajstić information content (AvgIpc) is 2.28. The number of carbonyl (C=O) groups is 1. The Hall–Kier alpha value is -2.00. The lowest BCUT2D eigenvalue weighted by Gasteiger charge is -2.14. The van der Waals surface area contributed by atoms with E-state index in [4.69, 9.17) is 5.11 Å². The van der Waals surface area contributed by atoms with Gasteiger partial charge >= 0.3 is 5.97 Å². The van der Waals surface area contributed by atoms with E-state index in [-0.39, 0.29) is 10.6 Å². The number of nitro benzene ring substituents is 1. The van der Waals surface area contributed by atoms with Gasteiger partial charge < -0.3 is 5.11 Å². The predicted molar refractivity (Wildman–Crippen MR) is 60.5 cm³/mol. The maximum Gasteiger partial charge on any atom is 0.318 e. The molecule has 0 unspecified atom stereocenters. The Morgan fingerprint density at radius 2 is 1.89 bits per heavy atom. The van der Waals surface area contributed by atoms with Crippen LogP contribution in [-0.4, -0.2) is 42.3 Å². The quantitative estimate of drug-likeness (QED) is 0.609. The van der Waals surface area contributed by atoms with Crippen molar-refractivity contribution in [2.24, 2.45) is 0 Å². The summed E-state index contributed by atoms with van der Waals surface area (Å²) in [5, 5.41) is 18.9. The van der Waals surface area contributed by atoms with Crippen molar-refractivity contribution < 1.29 is 23.2 Å². The zero-order valence-electron chi connectivity index (χ0n) is 9.31. The molecule has 0 aliphatic heterocycles. The molecule has 0 fully saturated rings. The van der Waals surface area contributed by atoms with Gasteiger partial charge in [-0.2, -0.15) is 4.31 Å². The van der Waals surface area contributed by atoms with Crippen LogP contribution in [0.3, 0.4) is 0 Å². The second-order valence-electron chi connectivity index (χ2n) is 3.41. The van der Waals surface area contributed by atoms with Crippen LogP contribution < -0.4 is 0 Å². The predicted octanol–water partition coefficient (Wildman–Crippen LogP) is 0.300. The highest BCUT2D eigenvalue weighted by Gasteiger charge is 2.23. The van der Waals surface area contributed by atoms with Crippen molar-refractivity contribution in [2.75, 3.05) is 13.6 Å². The first kappa shape index (κ1) is 14.1. The van der Waals surface area contributed by atoms with E-state index in [0.29, 0.717) is 4.31 Å². The molecule has 18 heavy (non-hydrogen) atoms.